The summed E-state index contributed by atoms with van der Waals surface area (Å²) in [4.78, 5) is 0. The number of hydrogen-bond donors (Lipinski definition) is 1. The second-order valence-corrected chi connectivity index (χ2v) is 7.07. The average molecular weight is 285 g/mol. The lowest BCUT2D eigenvalue weighted by atomic mass is 10.0. The van der Waals surface area contributed by atoms with E-state index in [9.17, 15) is 0 Å². The molecule has 0 fully saturated rings. The van der Waals surface area contributed by atoms with E-state index >= 15 is 0 Å². The zero-order chi connectivity index (χ0) is 15.5. The molecule has 1 N–H and O–H groups in total. The highest BCUT2D eigenvalue weighted by atomic mass is 16.5. The highest BCUT2D eigenvalue weighted by Crippen LogP contribution is 2.29. The Hall–Kier alpha value is -1.54. The minimum atomic E-state index is 0.0895. The van der Waals surface area contributed by atoms with Gasteiger partial charge >= 0.3 is 0 Å². The van der Waals surface area contributed by atoms with E-state index in [0.29, 0.717) is 5.92 Å². The van der Waals surface area contributed by atoms with Crippen LogP contribution in [0.5, 0.6) is 5.75 Å². The Kier molecular flexibility index (Phi) is 4.89. The normalized spacial score (nSPS) is 12.1. The average Bonchev–Trinajstić information content (AvgIpc) is 2.42. The predicted octanol–water partition coefficient (Wildman–Crippen LogP) is 4.76. The molecule has 0 saturated carbocycles. The molecule has 0 aliphatic carbocycles. The van der Waals surface area contributed by atoms with Gasteiger partial charge in [0.15, 0.2) is 0 Å². The van der Waals surface area contributed by atoms with Gasteiger partial charge in [-0.1, -0.05) is 44.2 Å². The molecule has 114 valence electrons. The van der Waals surface area contributed by atoms with Crippen LogP contribution in [0.1, 0.15) is 40.2 Å². The summed E-state index contributed by atoms with van der Waals surface area (Å²) in [6.45, 7) is 12.5. The van der Waals surface area contributed by atoms with E-state index in [2.05, 4.69) is 76.3 Å². The maximum atomic E-state index is 6.03. The first kappa shape index (κ1) is 15.8. The van der Waals surface area contributed by atoms with Crippen LogP contribution >= 0.6 is 0 Å². The van der Waals surface area contributed by atoms with E-state index in [1.165, 1.54) is 16.3 Å². The van der Waals surface area contributed by atoms with Crippen LogP contribution in [0.2, 0.25) is 0 Å². The highest BCUT2D eigenvalue weighted by molar-refractivity contribution is 5.87. The smallest absolute Gasteiger partial charge is 0.124 e. The van der Waals surface area contributed by atoms with Gasteiger partial charge < -0.3 is 10.1 Å². The van der Waals surface area contributed by atoms with Crippen molar-refractivity contribution in [2.24, 2.45) is 5.92 Å². The van der Waals surface area contributed by atoms with Crippen molar-refractivity contribution in [2.45, 2.75) is 46.7 Å². The Morgan fingerprint density at radius 1 is 1.05 bits per heavy atom. The van der Waals surface area contributed by atoms with Crippen molar-refractivity contribution in [3.05, 3.63) is 42.0 Å². The molecule has 21 heavy (non-hydrogen) atoms. The number of fused-ring (bicyclic) bond motifs is 1. The van der Waals surface area contributed by atoms with Gasteiger partial charge in [0.25, 0.3) is 0 Å². The summed E-state index contributed by atoms with van der Waals surface area (Å²) in [5.41, 5.74) is 1.34. The molecule has 0 aliphatic rings. The van der Waals surface area contributed by atoms with Crippen molar-refractivity contribution in [3.63, 3.8) is 0 Å². The van der Waals surface area contributed by atoms with Crippen molar-refractivity contribution >= 4 is 10.8 Å². The van der Waals surface area contributed by atoms with Gasteiger partial charge in [0.05, 0.1) is 6.61 Å². The zero-order valence-corrected chi connectivity index (χ0v) is 13.9. The minimum absolute atomic E-state index is 0.0895. The molecule has 0 spiro atoms. The summed E-state index contributed by atoms with van der Waals surface area (Å²) < 4.78 is 6.03. The van der Waals surface area contributed by atoms with Crippen LogP contribution in [0.3, 0.4) is 0 Å². The summed E-state index contributed by atoms with van der Waals surface area (Å²) >= 11 is 0. The van der Waals surface area contributed by atoms with Crippen LogP contribution in [0.15, 0.2) is 36.4 Å². The first-order valence-electron chi connectivity index (χ1n) is 7.75. The van der Waals surface area contributed by atoms with Gasteiger partial charge in [0.2, 0.25) is 0 Å². The molecule has 0 radical (unpaired) electrons. The van der Waals surface area contributed by atoms with Crippen molar-refractivity contribution in [1.29, 1.82) is 0 Å². The quantitative estimate of drug-likeness (QED) is 0.855. The molecular formula is C19H27NO. The fourth-order valence-electron chi connectivity index (χ4n) is 2.24. The third-order valence-electron chi connectivity index (χ3n) is 3.37. The van der Waals surface area contributed by atoms with E-state index in [-0.39, 0.29) is 5.54 Å². The van der Waals surface area contributed by atoms with Crippen LogP contribution < -0.4 is 10.1 Å². The molecule has 2 aromatic rings. The third-order valence-corrected chi connectivity index (χ3v) is 3.37. The third kappa shape index (κ3) is 4.47. The molecule has 0 aromatic heterocycles. The standard InChI is InChI=1S/C19H27NO/c1-14(2)13-21-18-11-10-15-8-6-7-9-16(15)17(18)12-20-19(3,4)5/h6-11,14,20H,12-13H2,1-5H3. The minimum Gasteiger partial charge on any atom is -0.493 e. The predicted molar refractivity (Wildman–Crippen MR) is 90.9 cm³/mol. The van der Waals surface area contributed by atoms with Gasteiger partial charge in [0, 0.05) is 17.6 Å². The molecule has 0 atom stereocenters. The number of nitrogens with one attached hydrogen (secondary N) is 1. The maximum Gasteiger partial charge on any atom is 0.124 e. The zero-order valence-electron chi connectivity index (χ0n) is 13.9. The summed E-state index contributed by atoms with van der Waals surface area (Å²) in [5, 5.41) is 6.12. The molecule has 0 heterocycles. The number of benzene rings is 2. The fourth-order valence-corrected chi connectivity index (χ4v) is 2.24. The van der Waals surface area contributed by atoms with Crippen molar-refractivity contribution in [2.75, 3.05) is 6.61 Å². The van der Waals surface area contributed by atoms with Crippen molar-refractivity contribution < 1.29 is 4.74 Å². The van der Waals surface area contributed by atoms with Gasteiger partial charge in [-0.2, -0.15) is 0 Å². The number of ether oxygens (including phenoxy) is 1. The van der Waals surface area contributed by atoms with Gasteiger partial charge in [-0.3, -0.25) is 0 Å². The first-order valence-corrected chi connectivity index (χ1v) is 7.75. The Labute approximate surface area is 128 Å². The molecule has 0 bridgehead atoms. The lowest BCUT2D eigenvalue weighted by Gasteiger charge is -2.23. The lowest BCUT2D eigenvalue weighted by Crippen LogP contribution is -2.35. The van der Waals surface area contributed by atoms with E-state index < -0.39 is 0 Å². The van der Waals surface area contributed by atoms with Crippen LogP contribution in [0, 0.1) is 5.92 Å². The van der Waals surface area contributed by atoms with Gasteiger partial charge in [-0.15, -0.1) is 0 Å². The molecule has 0 aliphatic heterocycles. The Bertz CT molecular complexity index is 596. The summed E-state index contributed by atoms with van der Waals surface area (Å²) in [5.74, 6) is 1.53. The SMILES string of the molecule is CC(C)COc1ccc2ccccc2c1CNC(C)(C)C. The summed E-state index contributed by atoms with van der Waals surface area (Å²) in [6, 6.07) is 12.8. The molecule has 0 unspecified atom stereocenters. The van der Waals surface area contributed by atoms with Crippen LogP contribution in [0.25, 0.3) is 10.8 Å². The molecule has 2 rings (SSSR count). The first-order chi connectivity index (χ1) is 9.87. The second-order valence-electron chi connectivity index (χ2n) is 7.07. The van der Waals surface area contributed by atoms with Gasteiger partial charge in [-0.05, 0) is 43.5 Å². The molecule has 2 heteroatoms. The van der Waals surface area contributed by atoms with Crippen LogP contribution in [-0.4, -0.2) is 12.1 Å². The Balaban J connectivity index is 2.37. The molecule has 2 aromatic carbocycles. The molecular weight excluding hydrogens is 258 g/mol. The Morgan fingerprint density at radius 3 is 2.43 bits per heavy atom. The van der Waals surface area contributed by atoms with Gasteiger partial charge in [0.1, 0.15) is 5.75 Å². The van der Waals surface area contributed by atoms with Crippen LogP contribution in [0.4, 0.5) is 0 Å². The van der Waals surface area contributed by atoms with Crippen molar-refractivity contribution in [3.8, 4) is 5.75 Å². The maximum absolute atomic E-state index is 6.03. The Morgan fingerprint density at radius 2 is 1.76 bits per heavy atom. The lowest BCUT2D eigenvalue weighted by molar-refractivity contribution is 0.267. The molecule has 2 nitrogen and oxygen atoms in total. The van der Waals surface area contributed by atoms with Crippen molar-refractivity contribution in [1.82, 2.24) is 5.32 Å². The van der Waals surface area contributed by atoms with E-state index in [0.717, 1.165) is 18.9 Å². The molecule has 0 saturated heterocycles. The topological polar surface area (TPSA) is 21.3 Å². The van der Waals surface area contributed by atoms with Crippen LogP contribution in [-0.2, 0) is 6.54 Å². The monoisotopic (exact) mass is 285 g/mol. The number of rotatable bonds is 5. The molecule has 0 amide bonds. The van der Waals surface area contributed by atoms with E-state index in [1.54, 1.807) is 0 Å². The van der Waals surface area contributed by atoms with Gasteiger partial charge in [-0.25, -0.2) is 0 Å². The highest BCUT2D eigenvalue weighted by Gasteiger charge is 2.14. The summed E-state index contributed by atoms with van der Waals surface area (Å²) in [6.07, 6.45) is 0. The number of hydrogen-bond acceptors (Lipinski definition) is 2. The largest absolute Gasteiger partial charge is 0.493 e. The summed E-state index contributed by atoms with van der Waals surface area (Å²) in [7, 11) is 0. The van der Waals surface area contributed by atoms with E-state index in [1.807, 2.05) is 0 Å². The van der Waals surface area contributed by atoms with E-state index in [4.69, 9.17) is 4.74 Å². The fraction of sp³-hybridized carbons (Fsp3) is 0.474. The second kappa shape index (κ2) is 6.48.